The average Bonchev–Trinajstić information content (AvgIpc) is 3.09. The normalized spacial score (nSPS) is 14.4. The van der Waals surface area contributed by atoms with E-state index < -0.39 is 10.0 Å². The van der Waals surface area contributed by atoms with Crippen LogP contribution in [0.15, 0.2) is 70.0 Å². The van der Waals surface area contributed by atoms with E-state index >= 15 is 0 Å². The maximum atomic E-state index is 12.9. The van der Waals surface area contributed by atoms with E-state index in [1.54, 1.807) is 36.4 Å². The van der Waals surface area contributed by atoms with Crippen LogP contribution < -0.4 is 4.72 Å². The monoisotopic (exact) mass is 391 g/mol. The molecule has 140 valence electrons. The number of hydrogen-bond donors (Lipinski definition) is 1. The molecule has 1 N–H and O–H groups in total. The topological polar surface area (TPSA) is 76.4 Å². The van der Waals surface area contributed by atoms with Crippen molar-refractivity contribution in [3.63, 3.8) is 0 Å². The van der Waals surface area contributed by atoms with E-state index in [4.69, 9.17) is 4.42 Å². The number of nitrogens with one attached hydrogen (secondary N) is 1. The Morgan fingerprint density at radius 2 is 1.57 bits per heavy atom. The minimum absolute atomic E-state index is 0.0483. The number of fused-ring (bicyclic) bond motifs is 5. The SMILES string of the molecule is O=C1CCCc2oc3c(cc(NS(=O)(=O)c4ccccc4)c4ccccc43)c21. The summed E-state index contributed by atoms with van der Waals surface area (Å²) in [5.41, 5.74) is 1.67. The molecule has 0 amide bonds. The quantitative estimate of drug-likeness (QED) is 0.539. The predicted octanol–water partition coefficient (Wildman–Crippen LogP) is 4.91. The summed E-state index contributed by atoms with van der Waals surface area (Å²) >= 11 is 0. The van der Waals surface area contributed by atoms with Gasteiger partial charge in [0, 0.05) is 29.0 Å². The summed E-state index contributed by atoms with van der Waals surface area (Å²) in [6.45, 7) is 0. The molecule has 0 saturated heterocycles. The van der Waals surface area contributed by atoms with Crippen LogP contribution in [0.25, 0.3) is 21.7 Å². The number of aryl methyl sites for hydroxylation is 1. The molecule has 5 nitrogen and oxygen atoms in total. The van der Waals surface area contributed by atoms with Crippen LogP contribution in [0.5, 0.6) is 0 Å². The summed E-state index contributed by atoms with van der Waals surface area (Å²) in [7, 11) is -3.76. The Kier molecular flexibility index (Phi) is 3.77. The molecule has 28 heavy (non-hydrogen) atoms. The van der Waals surface area contributed by atoms with Gasteiger partial charge in [0.1, 0.15) is 11.3 Å². The molecule has 0 saturated carbocycles. The van der Waals surface area contributed by atoms with E-state index in [1.165, 1.54) is 0 Å². The third-order valence-corrected chi connectivity index (χ3v) is 6.53. The molecule has 0 atom stereocenters. The first-order chi connectivity index (χ1) is 13.5. The summed E-state index contributed by atoms with van der Waals surface area (Å²) in [6.07, 6.45) is 1.98. The van der Waals surface area contributed by atoms with Crippen LogP contribution in [-0.2, 0) is 16.4 Å². The number of anilines is 1. The Hall–Kier alpha value is -3.12. The highest BCUT2D eigenvalue weighted by molar-refractivity contribution is 7.92. The van der Waals surface area contributed by atoms with Crippen LogP contribution in [0.3, 0.4) is 0 Å². The van der Waals surface area contributed by atoms with E-state index in [0.717, 1.165) is 23.6 Å². The molecule has 1 heterocycles. The molecule has 1 aliphatic rings. The van der Waals surface area contributed by atoms with E-state index in [2.05, 4.69) is 4.72 Å². The summed E-state index contributed by atoms with van der Waals surface area (Å²) in [4.78, 5) is 12.7. The van der Waals surface area contributed by atoms with Gasteiger partial charge in [0.15, 0.2) is 5.78 Å². The fraction of sp³-hybridized carbons (Fsp3) is 0.136. The molecule has 0 aliphatic heterocycles. The number of benzene rings is 3. The Bertz CT molecular complexity index is 1340. The van der Waals surface area contributed by atoms with E-state index in [0.29, 0.717) is 34.4 Å². The molecule has 0 spiro atoms. The van der Waals surface area contributed by atoms with E-state index in [1.807, 2.05) is 24.3 Å². The Balaban J connectivity index is 1.76. The third-order valence-electron chi connectivity index (χ3n) is 5.15. The van der Waals surface area contributed by atoms with Crippen LogP contribution in [0.2, 0.25) is 0 Å². The van der Waals surface area contributed by atoms with Crippen molar-refractivity contribution in [2.75, 3.05) is 4.72 Å². The molecule has 0 unspecified atom stereocenters. The van der Waals surface area contributed by atoms with Gasteiger partial charge in [-0.05, 0) is 24.6 Å². The van der Waals surface area contributed by atoms with Crippen molar-refractivity contribution in [2.45, 2.75) is 24.2 Å². The molecule has 1 aromatic heterocycles. The van der Waals surface area contributed by atoms with Crippen molar-refractivity contribution >= 4 is 43.2 Å². The summed E-state index contributed by atoms with van der Waals surface area (Å²) in [6, 6.07) is 17.4. The highest BCUT2D eigenvalue weighted by atomic mass is 32.2. The molecule has 3 aromatic carbocycles. The first-order valence-corrected chi connectivity index (χ1v) is 10.6. The van der Waals surface area contributed by atoms with Gasteiger partial charge in [-0.1, -0.05) is 42.5 Å². The summed E-state index contributed by atoms with van der Waals surface area (Å²) in [5.74, 6) is 0.742. The Labute approximate surface area is 162 Å². The number of sulfonamides is 1. The standard InChI is InChI=1S/C22H17NO4S/c24-19-11-6-12-20-21(19)17-13-18(15-9-4-5-10-16(15)22(17)27-20)23-28(25,26)14-7-2-1-3-8-14/h1-5,7-10,13,23H,6,11-12H2. The average molecular weight is 391 g/mol. The summed E-state index contributed by atoms with van der Waals surface area (Å²) in [5, 5.41) is 2.19. The van der Waals surface area contributed by atoms with Gasteiger partial charge in [-0.15, -0.1) is 0 Å². The maximum Gasteiger partial charge on any atom is 0.261 e. The fourth-order valence-corrected chi connectivity index (χ4v) is 4.96. The molecule has 4 aromatic rings. The molecule has 0 bridgehead atoms. The van der Waals surface area contributed by atoms with Crippen LogP contribution in [0.4, 0.5) is 5.69 Å². The smallest absolute Gasteiger partial charge is 0.261 e. The van der Waals surface area contributed by atoms with Crippen molar-refractivity contribution in [2.24, 2.45) is 0 Å². The van der Waals surface area contributed by atoms with Gasteiger partial charge in [0.05, 0.1) is 16.1 Å². The van der Waals surface area contributed by atoms with Crippen molar-refractivity contribution in [1.29, 1.82) is 0 Å². The van der Waals surface area contributed by atoms with E-state index in [9.17, 15) is 13.2 Å². The van der Waals surface area contributed by atoms with Crippen LogP contribution >= 0.6 is 0 Å². The van der Waals surface area contributed by atoms with Gasteiger partial charge >= 0.3 is 0 Å². The number of ketones is 1. The minimum Gasteiger partial charge on any atom is -0.460 e. The van der Waals surface area contributed by atoms with Crippen molar-refractivity contribution < 1.29 is 17.6 Å². The second kappa shape index (κ2) is 6.21. The van der Waals surface area contributed by atoms with Crippen molar-refractivity contribution in [3.05, 3.63) is 72.0 Å². The minimum atomic E-state index is -3.76. The van der Waals surface area contributed by atoms with Gasteiger partial charge in [0.25, 0.3) is 10.0 Å². The lowest BCUT2D eigenvalue weighted by Gasteiger charge is -2.12. The highest BCUT2D eigenvalue weighted by Crippen LogP contribution is 2.39. The van der Waals surface area contributed by atoms with Gasteiger partial charge < -0.3 is 4.42 Å². The molecule has 0 radical (unpaired) electrons. The zero-order valence-corrected chi connectivity index (χ0v) is 15.8. The molecule has 0 fully saturated rings. The molecule has 1 aliphatic carbocycles. The second-order valence-electron chi connectivity index (χ2n) is 6.94. The number of Topliss-reactive ketones (excluding diaryl/α,β-unsaturated/α-hetero) is 1. The zero-order chi connectivity index (χ0) is 19.3. The van der Waals surface area contributed by atoms with Crippen LogP contribution in [-0.4, -0.2) is 14.2 Å². The number of hydrogen-bond acceptors (Lipinski definition) is 4. The first-order valence-electron chi connectivity index (χ1n) is 9.13. The van der Waals surface area contributed by atoms with Gasteiger partial charge in [-0.2, -0.15) is 0 Å². The van der Waals surface area contributed by atoms with Gasteiger partial charge in [-0.25, -0.2) is 8.42 Å². The largest absolute Gasteiger partial charge is 0.460 e. The Morgan fingerprint density at radius 3 is 2.36 bits per heavy atom. The van der Waals surface area contributed by atoms with Crippen LogP contribution in [0, 0.1) is 0 Å². The van der Waals surface area contributed by atoms with Crippen LogP contribution in [0.1, 0.15) is 29.0 Å². The molecule has 6 heteroatoms. The first kappa shape index (κ1) is 17.0. The molecule has 5 rings (SSSR count). The highest BCUT2D eigenvalue weighted by Gasteiger charge is 2.27. The fourth-order valence-electron chi connectivity index (χ4n) is 3.87. The third kappa shape index (κ3) is 2.60. The predicted molar refractivity (Wildman–Crippen MR) is 108 cm³/mol. The number of carbonyl (C=O) groups excluding carboxylic acids is 1. The van der Waals surface area contributed by atoms with Crippen molar-refractivity contribution in [3.8, 4) is 0 Å². The number of carbonyl (C=O) groups is 1. The number of furan rings is 1. The molecular weight excluding hydrogens is 374 g/mol. The van der Waals surface area contributed by atoms with Gasteiger partial charge in [0.2, 0.25) is 0 Å². The zero-order valence-electron chi connectivity index (χ0n) is 14.9. The lowest BCUT2D eigenvalue weighted by atomic mass is 9.93. The lowest BCUT2D eigenvalue weighted by molar-refractivity contribution is 0.0971. The van der Waals surface area contributed by atoms with E-state index in [-0.39, 0.29) is 10.7 Å². The summed E-state index contributed by atoms with van der Waals surface area (Å²) < 4.78 is 34.5. The number of rotatable bonds is 3. The van der Waals surface area contributed by atoms with Gasteiger partial charge in [-0.3, -0.25) is 9.52 Å². The Morgan fingerprint density at radius 1 is 0.857 bits per heavy atom. The second-order valence-corrected chi connectivity index (χ2v) is 8.62. The maximum absolute atomic E-state index is 12.9. The lowest BCUT2D eigenvalue weighted by Crippen LogP contribution is -2.13. The van der Waals surface area contributed by atoms with Crippen molar-refractivity contribution in [1.82, 2.24) is 0 Å². The molecular formula is C22H17NO4S.